The molecule has 154 valence electrons. The van der Waals surface area contributed by atoms with Gasteiger partial charge in [0.1, 0.15) is 11.3 Å². The molecule has 1 aromatic heterocycles. The van der Waals surface area contributed by atoms with Crippen molar-refractivity contribution in [2.45, 2.75) is 57.9 Å². The van der Waals surface area contributed by atoms with E-state index in [2.05, 4.69) is 5.32 Å². The molecule has 0 unspecified atom stereocenters. The van der Waals surface area contributed by atoms with Crippen molar-refractivity contribution in [1.82, 2.24) is 5.32 Å². The van der Waals surface area contributed by atoms with Crippen molar-refractivity contribution in [1.29, 1.82) is 0 Å². The number of ether oxygens (including phenoxy) is 1. The molecule has 4 aliphatic carbocycles. The Bertz CT molecular complexity index is 980. The van der Waals surface area contributed by atoms with Gasteiger partial charge >= 0.3 is 5.63 Å². The number of nitrogens with one attached hydrogen (secondary N) is 1. The van der Waals surface area contributed by atoms with Gasteiger partial charge in [-0.3, -0.25) is 4.79 Å². The average molecular weight is 395 g/mol. The summed E-state index contributed by atoms with van der Waals surface area (Å²) < 4.78 is 10.7. The molecule has 0 saturated heterocycles. The summed E-state index contributed by atoms with van der Waals surface area (Å²) in [6, 6.07) is 5.84. The lowest BCUT2D eigenvalue weighted by Gasteiger charge is -2.54. The van der Waals surface area contributed by atoms with Crippen LogP contribution < -0.4 is 15.7 Å². The van der Waals surface area contributed by atoms with Crippen LogP contribution >= 0.6 is 0 Å². The lowest BCUT2D eigenvalue weighted by atomic mass is 9.54. The molecule has 0 aliphatic heterocycles. The molecule has 1 aromatic carbocycles. The monoisotopic (exact) mass is 395 g/mol. The number of rotatable bonds is 5. The minimum Gasteiger partial charge on any atom is -0.497 e. The zero-order chi connectivity index (χ0) is 20.1. The van der Waals surface area contributed by atoms with E-state index < -0.39 is 0 Å². The molecule has 4 fully saturated rings. The summed E-state index contributed by atoms with van der Waals surface area (Å²) in [6.07, 6.45) is 7.30. The van der Waals surface area contributed by atoms with Crippen molar-refractivity contribution in [2.75, 3.05) is 7.11 Å². The van der Waals surface area contributed by atoms with Gasteiger partial charge in [-0.1, -0.05) is 0 Å². The first kappa shape index (κ1) is 18.7. The molecule has 0 atom stereocenters. The van der Waals surface area contributed by atoms with Gasteiger partial charge in [0.15, 0.2) is 0 Å². The predicted molar refractivity (Wildman–Crippen MR) is 111 cm³/mol. The van der Waals surface area contributed by atoms with Crippen LogP contribution in [0, 0.1) is 30.6 Å². The second-order valence-corrected chi connectivity index (χ2v) is 9.38. The van der Waals surface area contributed by atoms with Gasteiger partial charge in [-0.2, -0.15) is 0 Å². The molecule has 2 aromatic rings. The van der Waals surface area contributed by atoms with Gasteiger partial charge in [-0.25, -0.2) is 4.79 Å². The summed E-state index contributed by atoms with van der Waals surface area (Å²) in [4.78, 5) is 25.2. The number of fused-ring (bicyclic) bond motifs is 1. The van der Waals surface area contributed by atoms with Crippen LogP contribution in [0.25, 0.3) is 11.0 Å². The molecule has 5 nitrogen and oxygen atoms in total. The van der Waals surface area contributed by atoms with Crippen molar-refractivity contribution >= 4 is 16.9 Å². The highest BCUT2D eigenvalue weighted by Crippen LogP contribution is 2.53. The second-order valence-electron chi connectivity index (χ2n) is 9.38. The highest BCUT2D eigenvalue weighted by atomic mass is 16.5. The fourth-order valence-electron chi connectivity index (χ4n) is 6.45. The lowest BCUT2D eigenvalue weighted by Crippen LogP contribution is -2.55. The van der Waals surface area contributed by atoms with Crippen LogP contribution in [-0.4, -0.2) is 19.1 Å². The molecule has 1 amide bonds. The number of hydrogen-bond acceptors (Lipinski definition) is 4. The first-order chi connectivity index (χ1) is 14.0. The minimum atomic E-state index is -0.356. The smallest absolute Gasteiger partial charge is 0.339 e. The summed E-state index contributed by atoms with van der Waals surface area (Å²) in [5, 5.41) is 4.23. The van der Waals surface area contributed by atoms with E-state index in [9.17, 15) is 9.59 Å². The summed E-state index contributed by atoms with van der Waals surface area (Å²) in [7, 11) is 1.59. The molecule has 4 bridgehead atoms. The van der Waals surface area contributed by atoms with Gasteiger partial charge in [-0.05, 0) is 86.8 Å². The number of carbonyl (C=O) groups is 1. The van der Waals surface area contributed by atoms with Crippen LogP contribution in [0.5, 0.6) is 5.75 Å². The summed E-state index contributed by atoms with van der Waals surface area (Å²) in [6.45, 7) is 1.93. The van der Waals surface area contributed by atoms with Crippen LogP contribution in [0.15, 0.2) is 27.4 Å². The number of carbonyl (C=O) groups excluding carboxylic acids is 1. The normalized spacial score (nSPS) is 29.9. The largest absolute Gasteiger partial charge is 0.497 e. The number of aryl methyl sites for hydroxylation is 1. The van der Waals surface area contributed by atoms with Crippen LogP contribution in [0.3, 0.4) is 0 Å². The molecule has 5 heteroatoms. The molecular formula is C24H29NO4. The first-order valence-corrected chi connectivity index (χ1v) is 10.9. The summed E-state index contributed by atoms with van der Waals surface area (Å²) in [5.74, 6) is 3.84. The quantitative estimate of drug-likeness (QED) is 0.778. The zero-order valence-electron chi connectivity index (χ0n) is 17.2. The number of benzene rings is 1. The lowest BCUT2D eigenvalue weighted by molar-refractivity contribution is -0.125. The maximum absolute atomic E-state index is 12.7. The predicted octanol–water partition coefficient (Wildman–Crippen LogP) is 3.98. The Labute approximate surface area is 170 Å². The molecule has 1 heterocycles. The maximum atomic E-state index is 12.7. The number of hydrogen-bond donors (Lipinski definition) is 1. The molecule has 0 radical (unpaired) electrons. The SMILES string of the molecule is COc1ccc2c(C)c(CCC(=O)NC3C4CC5CC(C4)CC3C5)c(=O)oc2c1. The van der Waals surface area contributed by atoms with Crippen LogP contribution in [0.1, 0.15) is 49.7 Å². The van der Waals surface area contributed by atoms with E-state index in [0.717, 1.165) is 22.8 Å². The van der Waals surface area contributed by atoms with Crippen LogP contribution in [0.2, 0.25) is 0 Å². The van der Waals surface area contributed by atoms with Gasteiger partial charge in [0.05, 0.1) is 7.11 Å². The van der Waals surface area contributed by atoms with Crippen LogP contribution in [0.4, 0.5) is 0 Å². The fraction of sp³-hybridized carbons (Fsp3) is 0.583. The van der Waals surface area contributed by atoms with E-state index in [-0.39, 0.29) is 11.5 Å². The van der Waals surface area contributed by atoms with Crippen molar-refractivity contribution in [2.24, 2.45) is 23.7 Å². The molecular weight excluding hydrogens is 366 g/mol. The van der Waals surface area contributed by atoms with E-state index >= 15 is 0 Å². The van der Waals surface area contributed by atoms with E-state index in [0.29, 0.717) is 47.6 Å². The Balaban J connectivity index is 1.28. The van der Waals surface area contributed by atoms with Crippen LogP contribution in [-0.2, 0) is 11.2 Å². The second kappa shape index (κ2) is 7.19. The van der Waals surface area contributed by atoms with Gasteiger partial charge in [0.25, 0.3) is 0 Å². The zero-order valence-corrected chi connectivity index (χ0v) is 17.2. The molecule has 4 saturated carbocycles. The summed E-state index contributed by atoms with van der Waals surface area (Å²) >= 11 is 0. The molecule has 4 aliphatic rings. The summed E-state index contributed by atoms with van der Waals surface area (Å²) in [5.41, 5.74) is 1.66. The van der Waals surface area contributed by atoms with Crippen molar-refractivity contribution in [3.8, 4) is 5.75 Å². The maximum Gasteiger partial charge on any atom is 0.339 e. The third kappa shape index (κ3) is 3.34. The van der Waals surface area contributed by atoms with Crippen molar-refractivity contribution in [3.05, 3.63) is 39.7 Å². The molecule has 6 rings (SSSR count). The number of amides is 1. The van der Waals surface area contributed by atoms with E-state index in [1.165, 1.54) is 32.1 Å². The third-order valence-corrected chi connectivity index (χ3v) is 7.65. The molecule has 0 spiro atoms. The average Bonchev–Trinajstić information content (AvgIpc) is 2.69. The topological polar surface area (TPSA) is 68.5 Å². The Morgan fingerprint density at radius 2 is 1.83 bits per heavy atom. The Hall–Kier alpha value is -2.30. The first-order valence-electron chi connectivity index (χ1n) is 10.9. The molecule has 29 heavy (non-hydrogen) atoms. The van der Waals surface area contributed by atoms with E-state index in [1.807, 2.05) is 19.1 Å². The van der Waals surface area contributed by atoms with Crippen molar-refractivity contribution in [3.63, 3.8) is 0 Å². The highest BCUT2D eigenvalue weighted by molar-refractivity contribution is 5.82. The Morgan fingerprint density at radius 3 is 2.48 bits per heavy atom. The standard InChI is InChI=1S/C24H29NO4/c1-13-19-4-3-18(28-2)12-21(19)29-24(27)20(13)5-6-22(26)25-23-16-8-14-7-15(10-16)11-17(23)9-14/h3-4,12,14-17,23H,5-11H2,1-2H3,(H,25,26). The van der Waals surface area contributed by atoms with E-state index in [1.54, 1.807) is 13.2 Å². The Kier molecular flexibility index (Phi) is 4.64. The third-order valence-electron chi connectivity index (χ3n) is 7.65. The van der Waals surface area contributed by atoms with Gasteiger partial charge in [0, 0.05) is 29.5 Å². The van der Waals surface area contributed by atoms with Gasteiger partial charge in [-0.15, -0.1) is 0 Å². The molecule has 1 N–H and O–H groups in total. The van der Waals surface area contributed by atoms with Gasteiger partial charge < -0.3 is 14.5 Å². The minimum absolute atomic E-state index is 0.0658. The van der Waals surface area contributed by atoms with Crippen molar-refractivity contribution < 1.29 is 13.9 Å². The Morgan fingerprint density at radius 1 is 1.14 bits per heavy atom. The number of methoxy groups -OCH3 is 1. The highest BCUT2D eigenvalue weighted by Gasteiger charge is 2.48. The van der Waals surface area contributed by atoms with E-state index in [4.69, 9.17) is 9.15 Å². The fourth-order valence-corrected chi connectivity index (χ4v) is 6.45. The van der Waals surface area contributed by atoms with Gasteiger partial charge in [0.2, 0.25) is 5.91 Å².